The molecule has 0 bridgehead atoms. The average molecular weight is 382 g/mol. The Bertz CT molecular complexity index is 795. The molecule has 2 rings (SSSR count). The number of amides is 2. The van der Waals surface area contributed by atoms with Crippen molar-refractivity contribution in [3.8, 4) is 0 Å². The van der Waals surface area contributed by atoms with Gasteiger partial charge in [0.05, 0.1) is 16.5 Å². The van der Waals surface area contributed by atoms with Gasteiger partial charge in [-0.15, -0.1) is 11.8 Å². The number of benzene rings is 2. The largest absolute Gasteiger partial charge is 0.418 e. The molecule has 0 fully saturated rings. The topological polar surface area (TPSA) is 58.2 Å². The van der Waals surface area contributed by atoms with Crippen LogP contribution in [0.1, 0.15) is 19.4 Å². The maximum atomic E-state index is 13.3. The van der Waals surface area contributed by atoms with E-state index < -0.39 is 28.8 Å². The van der Waals surface area contributed by atoms with Crippen molar-refractivity contribution in [3.05, 3.63) is 54.1 Å². The van der Waals surface area contributed by atoms with Crippen LogP contribution in [-0.2, 0) is 15.8 Å². The van der Waals surface area contributed by atoms with E-state index in [1.807, 2.05) is 30.3 Å². The third kappa shape index (κ3) is 5.52. The Morgan fingerprint density at radius 3 is 2.27 bits per heavy atom. The van der Waals surface area contributed by atoms with Gasteiger partial charge in [-0.25, -0.2) is 0 Å². The number of hydrogen-bond donors (Lipinski definition) is 2. The van der Waals surface area contributed by atoms with Crippen molar-refractivity contribution < 1.29 is 22.8 Å². The second-order valence-electron chi connectivity index (χ2n) is 5.50. The molecule has 0 heterocycles. The number of nitrogens with one attached hydrogen (secondary N) is 2. The van der Waals surface area contributed by atoms with Crippen LogP contribution in [0.2, 0.25) is 0 Å². The Balaban J connectivity index is 2.19. The standard InChI is InChI=1S/C18H17F3N2O2S/c1-11(26-14-6-4-3-5-7-14)17(25)23-16-9-8-13(22-12(2)24)10-15(16)18(19,20)21/h3-11H,1-2H3,(H,22,24)(H,23,25). The fourth-order valence-electron chi connectivity index (χ4n) is 2.16. The van der Waals surface area contributed by atoms with Gasteiger partial charge in [0.2, 0.25) is 11.8 Å². The lowest BCUT2D eigenvalue weighted by Gasteiger charge is -2.17. The van der Waals surface area contributed by atoms with Crippen LogP contribution in [0.4, 0.5) is 24.5 Å². The van der Waals surface area contributed by atoms with E-state index in [2.05, 4.69) is 10.6 Å². The van der Waals surface area contributed by atoms with E-state index >= 15 is 0 Å². The molecule has 0 aromatic heterocycles. The zero-order chi connectivity index (χ0) is 19.3. The molecule has 1 atom stereocenters. The number of alkyl halides is 3. The highest BCUT2D eigenvalue weighted by atomic mass is 32.2. The lowest BCUT2D eigenvalue weighted by molar-refractivity contribution is -0.137. The fourth-order valence-corrected chi connectivity index (χ4v) is 3.05. The summed E-state index contributed by atoms with van der Waals surface area (Å²) in [6.07, 6.45) is -4.67. The highest BCUT2D eigenvalue weighted by Gasteiger charge is 2.34. The Morgan fingerprint density at radius 2 is 1.69 bits per heavy atom. The zero-order valence-corrected chi connectivity index (χ0v) is 14.9. The van der Waals surface area contributed by atoms with Crippen LogP contribution in [-0.4, -0.2) is 17.1 Å². The summed E-state index contributed by atoms with van der Waals surface area (Å²) in [4.78, 5) is 24.2. The minimum atomic E-state index is -4.67. The van der Waals surface area contributed by atoms with Crippen LogP contribution < -0.4 is 10.6 Å². The van der Waals surface area contributed by atoms with Gasteiger partial charge >= 0.3 is 6.18 Å². The molecular formula is C18H17F3N2O2S. The van der Waals surface area contributed by atoms with Crippen LogP contribution in [0.3, 0.4) is 0 Å². The Morgan fingerprint density at radius 1 is 1.04 bits per heavy atom. The first-order chi connectivity index (χ1) is 12.2. The summed E-state index contributed by atoms with van der Waals surface area (Å²) in [5.41, 5.74) is -1.36. The number of anilines is 2. The number of halogens is 3. The molecule has 1 unspecified atom stereocenters. The first-order valence-electron chi connectivity index (χ1n) is 7.68. The average Bonchev–Trinajstić information content (AvgIpc) is 2.55. The fraction of sp³-hybridized carbons (Fsp3) is 0.222. The maximum Gasteiger partial charge on any atom is 0.418 e. The van der Waals surface area contributed by atoms with E-state index in [1.165, 1.54) is 24.8 Å². The minimum absolute atomic E-state index is 0.00883. The highest BCUT2D eigenvalue weighted by Crippen LogP contribution is 2.37. The minimum Gasteiger partial charge on any atom is -0.326 e. The Labute approximate surface area is 153 Å². The monoisotopic (exact) mass is 382 g/mol. The summed E-state index contributed by atoms with van der Waals surface area (Å²) in [7, 11) is 0. The van der Waals surface area contributed by atoms with Gasteiger partial charge in [0, 0.05) is 17.5 Å². The molecule has 26 heavy (non-hydrogen) atoms. The predicted molar refractivity (Wildman–Crippen MR) is 96.1 cm³/mol. The maximum absolute atomic E-state index is 13.3. The normalized spacial score (nSPS) is 12.3. The summed E-state index contributed by atoms with van der Waals surface area (Å²) in [6.45, 7) is 2.82. The van der Waals surface area contributed by atoms with Crippen LogP contribution in [0, 0.1) is 0 Å². The van der Waals surface area contributed by atoms with Crippen molar-refractivity contribution in [1.82, 2.24) is 0 Å². The van der Waals surface area contributed by atoms with Crippen molar-refractivity contribution in [2.45, 2.75) is 30.2 Å². The lowest BCUT2D eigenvalue weighted by Crippen LogP contribution is -2.24. The van der Waals surface area contributed by atoms with E-state index in [-0.39, 0.29) is 11.4 Å². The van der Waals surface area contributed by atoms with Gasteiger partial charge in [-0.2, -0.15) is 13.2 Å². The van der Waals surface area contributed by atoms with Crippen molar-refractivity contribution >= 4 is 35.0 Å². The molecule has 8 heteroatoms. The molecule has 0 saturated carbocycles. The van der Waals surface area contributed by atoms with E-state index in [0.29, 0.717) is 0 Å². The van der Waals surface area contributed by atoms with Gasteiger partial charge in [0.15, 0.2) is 0 Å². The second-order valence-corrected chi connectivity index (χ2v) is 6.92. The molecule has 4 nitrogen and oxygen atoms in total. The Hall–Kier alpha value is -2.48. The van der Waals surface area contributed by atoms with Gasteiger partial charge in [-0.3, -0.25) is 9.59 Å². The zero-order valence-electron chi connectivity index (χ0n) is 14.1. The quantitative estimate of drug-likeness (QED) is 0.732. The molecule has 0 radical (unpaired) electrons. The number of hydrogen-bond acceptors (Lipinski definition) is 3. The predicted octanol–water partition coefficient (Wildman–Crippen LogP) is 4.78. The molecule has 0 aliphatic heterocycles. The summed E-state index contributed by atoms with van der Waals surface area (Å²) in [6, 6.07) is 12.3. The van der Waals surface area contributed by atoms with Crippen LogP contribution in [0.15, 0.2) is 53.4 Å². The molecule has 0 aliphatic carbocycles. The second kappa shape index (κ2) is 8.27. The van der Waals surface area contributed by atoms with Crippen molar-refractivity contribution in [3.63, 3.8) is 0 Å². The van der Waals surface area contributed by atoms with E-state index in [4.69, 9.17) is 0 Å². The van der Waals surface area contributed by atoms with Crippen LogP contribution in [0.5, 0.6) is 0 Å². The molecule has 2 aromatic rings. The van der Waals surface area contributed by atoms with E-state index in [0.717, 1.165) is 17.0 Å². The molecule has 2 N–H and O–H groups in total. The van der Waals surface area contributed by atoms with Gasteiger partial charge in [-0.05, 0) is 37.3 Å². The summed E-state index contributed by atoms with van der Waals surface area (Å²) >= 11 is 1.25. The third-order valence-electron chi connectivity index (χ3n) is 3.33. The first kappa shape index (κ1) is 19.8. The highest BCUT2D eigenvalue weighted by molar-refractivity contribution is 8.00. The van der Waals surface area contributed by atoms with Crippen LogP contribution >= 0.6 is 11.8 Å². The van der Waals surface area contributed by atoms with Gasteiger partial charge < -0.3 is 10.6 Å². The lowest BCUT2D eigenvalue weighted by atomic mass is 10.1. The number of rotatable bonds is 5. The number of carbonyl (C=O) groups is 2. The summed E-state index contributed by atoms with van der Waals surface area (Å²) < 4.78 is 39.9. The summed E-state index contributed by atoms with van der Waals surface area (Å²) in [5, 5.41) is 4.03. The van der Waals surface area contributed by atoms with Crippen molar-refractivity contribution in [2.24, 2.45) is 0 Å². The molecule has 0 saturated heterocycles. The smallest absolute Gasteiger partial charge is 0.326 e. The molecule has 0 spiro atoms. The molecular weight excluding hydrogens is 365 g/mol. The van der Waals surface area contributed by atoms with E-state index in [1.54, 1.807) is 6.92 Å². The SMILES string of the molecule is CC(=O)Nc1ccc(NC(=O)C(C)Sc2ccccc2)c(C(F)(F)F)c1. The van der Waals surface area contributed by atoms with Gasteiger partial charge in [-0.1, -0.05) is 18.2 Å². The molecule has 138 valence electrons. The summed E-state index contributed by atoms with van der Waals surface area (Å²) in [5.74, 6) is -1.03. The number of carbonyl (C=O) groups excluding carboxylic acids is 2. The first-order valence-corrected chi connectivity index (χ1v) is 8.56. The van der Waals surface area contributed by atoms with Gasteiger partial charge in [0.25, 0.3) is 0 Å². The number of thioether (sulfide) groups is 1. The molecule has 2 aromatic carbocycles. The van der Waals surface area contributed by atoms with Crippen molar-refractivity contribution in [2.75, 3.05) is 10.6 Å². The molecule has 0 aliphatic rings. The van der Waals surface area contributed by atoms with Crippen molar-refractivity contribution in [1.29, 1.82) is 0 Å². The third-order valence-corrected chi connectivity index (χ3v) is 4.44. The van der Waals surface area contributed by atoms with E-state index in [9.17, 15) is 22.8 Å². The van der Waals surface area contributed by atoms with Crippen LogP contribution in [0.25, 0.3) is 0 Å². The Kier molecular flexibility index (Phi) is 6.31. The molecule has 2 amide bonds. The van der Waals surface area contributed by atoms with Gasteiger partial charge in [0.1, 0.15) is 0 Å².